The number of rotatable bonds is 5. The van der Waals surface area contributed by atoms with Crippen LogP contribution in [0.15, 0.2) is 106 Å². The van der Waals surface area contributed by atoms with Crippen molar-refractivity contribution in [2.45, 2.75) is 38.9 Å². The van der Waals surface area contributed by atoms with Gasteiger partial charge in [-0.3, -0.25) is 0 Å². The fourth-order valence-corrected chi connectivity index (χ4v) is 7.61. The molecular formula is C33H30Br2O4. The van der Waals surface area contributed by atoms with Gasteiger partial charge < -0.3 is 9.47 Å². The molecule has 5 rings (SSSR count). The fraction of sp³-hybridized carbons (Fsp3) is 0.273. The van der Waals surface area contributed by atoms with Gasteiger partial charge in [0, 0.05) is 26.2 Å². The second-order valence-electron chi connectivity index (χ2n) is 10.5. The first kappa shape index (κ1) is 27.6. The summed E-state index contributed by atoms with van der Waals surface area (Å²) in [7, 11) is 0. The molecule has 0 aliphatic heterocycles. The Bertz CT molecular complexity index is 1410. The molecule has 1 saturated carbocycles. The quantitative estimate of drug-likeness (QED) is 0.261. The molecule has 4 nitrogen and oxygen atoms in total. The first-order chi connectivity index (χ1) is 18.7. The largest absolute Gasteiger partial charge is 0.454 e. The topological polar surface area (TPSA) is 52.6 Å². The Balaban J connectivity index is 1.67. The number of hydrogen-bond acceptors (Lipinski definition) is 4. The van der Waals surface area contributed by atoms with E-state index in [1.54, 1.807) is 24.3 Å². The lowest BCUT2D eigenvalue weighted by atomic mass is 9.53. The molecule has 1 fully saturated rings. The summed E-state index contributed by atoms with van der Waals surface area (Å²) < 4.78 is 14.7. The summed E-state index contributed by atoms with van der Waals surface area (Å²) in [5.41, 5.74) is 2.60. The van der Waals surface area contributed by atoms with Gasteiger partial charge in [0.1, 0.15) is 12.2 Å². The highest BCUT2D eigenvalue weighted by atomic mass is 79.9. The number of benzene rings is 3. The maximum absolute atomic E-state index is 13.6. The van der Waals surface area contributed by atoms with E-state index >= 15 is 0 Å². The molecule has 0 radical (unpaired) electrons. The molecule has 6 heteroatoms. The normalized spacial score (nSPS) is 27.7. The number of carbonyl (C=O) groups excluding carboxylic acids is 2. The summed E-state index contributed by atoms with van der Waals surface area (Å²) in [6.07, 6.45) is 4.86. The lowest BCUT2D eigenvalue weighted by Crippen LogP contribution is -2.58. The minimum atomic E-state index is -0.737. The summed E-state index contributed by atoms with van der Waals surface area (Å²) in [5, 5.41) is 0. The van der Waals surface area contributed by atoms with Crippen molar-refractivity contribution in [2.24, 2.45) is 17.3 Å². The monoisotopic (exact) mass is 648 g/mol. The molecule has 2 aliphatic rings. The molecule has 0 saturated heterocycles. The van der Waals surface area contributed by atoms with Gasteiger partial charge in [0.15, 0.2) is 0 Å². The van der Waals surface area contributed by atoms with Gasteiger partial charge in [0.05, 0.1) is 11.1 Å². The van der Waals surface area contributed by atoms with Crippen LogP contribution in [0.3, 0.4) is 0 Å². The van der Waals surface area contributed by atoms with Crippen molar-refractivity contribution in [3.8, 4) is 0 Å². The Morgan fingerprint density at radius 2 is 1.36 bits per heavy atom. The molecule has 6 unspecified atom stereocenters. The third kappa shape index (κ3) is 5.05. The van der Waals surface area contributed by atoms with Gasteiger partial charge >= 0.3 is 11.9 Å². The van der Waals surface area contributed by atoms with Crippen molar-refractivity contribution >= 4 is 43.8 Å². The van der Waals surface area contributed by atoms with E-state index in [9.17, 15) is 9.59 Å². The lowest BCUT2D eigenvalue weighted by molar-refractivity contribution is -0.122. The summed E-state index contributed by atoms with van der Waals surface area (Å²) >= 11 is 7.65. The van der Waals surface area contributed by atoms with Gasteiger partial charge in [-0.15, -0.1) is 0 Å². The number of carbonyl (C=O) groups is 2. The predicted octanol–water partition coefficient (Wildman–Crippen LogP) is 8.41. The second-order valence-corrected chi connectivity index (χ2v) is 12.2. The van der Waals surface area contributed by atoms with E-state index in [-0.39, 0.29) is 17.8 Å². The molecular weight excluding hydrogens is 620 g/mol. The Hall–Kier alpha value is -2.96. The highest BCUT2D eigenvalue weighted by Crippen LogP contribution is 2.61. The van der Waals surface area contributed by atoms with Gasteiger partial charge in [0.25, 0.3) is 0 Å². The molecule has 0 amide bonds. The fourth-order valence-electron chi connectivity index (χ4n) is 6.10. The standard InChI is InChI=1S/C33H30Br2O4/c1-20-12-10-18-25(34)27(20)28-24-17-11-19-26(35)33(24,3)21(2)29(38-31(36)22-13-6-4-7-14-22)30(28)39-32(37)23-15-8-5-9-16-23/h4-19,21,24,28-30H,1-3H3. The van der Waals surface area contributed by atoms with Crippen LogP contribution in [0.25, 0.3) is 0 Å². The molecule has 0 spiro atoms. The number of aryl methyl sites for hydroxylation is 1. The van der Waals surface area contributed by atoms with Crippen LogP contribution < -0.4 is 0 Å². The van der Waals surface area contributed by atoms with Gasteiger partial charge in [-0.25, -0.2) is 9.59 Å². The minimum absolute atomic E-state index is 0.0375. The van der Waals surface area contributed by atoms with Gasteiger partial charge in [0.2, 0.25) is 0 Å². The van der Waals surface area contributed by atoms with E-state index in [1.165, 1.54) is 0 Å². The Morgan fingerprint density at radius 1 is 0.795 bits per heavy atom. The molecule has 0 N–H and O–H groups in total. The predicted molar refractivity (Wildman–Crippen MR) is 160 cm³/mol. The molecule has 39 heavy (non-hydrogen) atoms. The average molecular weight is 650 g/mol. The zero-order valence-corrected chi connectivity index (χ0v) is 25.2. The number of ether oxygens (including phenoxy) is 2. The van der Waals surface area contributed by atoms with E-state index in [1.807, 2.05) is 48.5 Å². The van der Waals surface area contributed by atoms with Crippen molar-refractivity contribution in [3.63, 3.8) is 0 Å². The average Bonchev–Trinajstić information content (AvgIpc) is 2.94. The number of allylic oxidation sites excluding steroid dienone is 4. The van der Waals surface area contributed by atoms with Crippen molar-refractivity contribution in [1.29, 1.82) is 0 Å². The van der Waals surface area contributed by atoms with E-state index in [0.717, 1.165) is 20.1 Å². The highest BCUT2D eigenvalue weighted by molar-refractivity contribution is 9.11. The zero-order valence-electron chi connectivity index (χ0n) is 22.0. The molecule has 0 aromatic heterocycles. The van der Waals surface area contributed by atoms with Crippen molar-refractivity contribution < 1.29 is 19.1 Å². The van der Waals surface area contributed by atoms with Crippen LogP contribution in [-0.2, 0) is 9.47 Å². The van der Waals surface area contributed by atoms with Crippen LogP contribution in [-0.4, -0.2) is 24.1 Å². The number of esters is 2. The number of hydrogen-bond donors (Lipinski definition) is 0. The smallest absolute Gasteiger partial charge is 0.338 e. The van der Waals surface area contributed by atoms with E-state index in [2.05, 4.69) is 76.9 Å². The van der Waals surface area contributed by atoms with Gasteiger partial charge in [-0.1, -0.05) is 112 Å². The van der Waals surface area contributed by atoms with E-state index < -0.39 is 29.6 Å². The molecule has 2 aliphatic carbocycles. The zero-order chi connectivity index (χ0) is 27.7. The Labute approximate surface area is 246 Å². The van der Waals surface area contributed by atoms with Crippen LogP contribution in [0.4, 0.5) is 0 Å². The maximum Gasteiger partial charge on any atom is 0.338 e. The van der Waals surface area contributed by atoms with Crippen molar-refractivity contribution in [1.82, 2.24) is 0 Å². The third-order valence-corrected chi connectivity index (χ3v) is 10.2. The summed E-state index contributed by atoms with van der Waals surface area (Å²) in [4.78, 5) is 27.0. The second kappa shape index (κ2) is 11.3. The first-order valence-electron chi connectivity index (χ1n) is 13.0. The molecule has 6 atom stereocenters. The van der Waals surface area contributed by atoms with Gasteiger partial charge in [-0.05, 0) is 54.3 Å². The Kier molecular flexibility index (Phi) is 7.97. The summed E-state index contributed by atoms with van der Waals surface area (Å²) in [6.45, 7) is 6.34. The first-order valence-corrected chi connectivity index (χ1v) is 14.6. The van der Waals surface area contributed by atoms with Crippen LogP contribution in [0, 0.1) is 24.2 Å². The van der Waals surface area contributed by atoms with E-state index in [0.29, 0.717) is 11.1 Å². The molecule has 3 aromatic carbocycles. The number of halogens is 2. The van der Waals surface area contributed by atoms with Crippen LogP contribution in [0.5, 0.6) is 0 Å². The molecule has 0 heterocycles. The molecule has 200 valence electrons. The third-order valence-electron chi connectivity index (χ3n) is 8.38. The van der Waals surface area contributed by atoms with Crippen LogP contribution in [0.2, 0.25) is 0 Å². The van der Waals surface area contributed by atoms with Crippen molar-refractivity contribution in [2.75, 3.05) is 0 Å². The maximum atomic E-state index is 13.6. The lowest BCUT2D eigenvalue weighted by Gasteiger charge is -2.56. The Morgan fingerprint density at radius 3 is 1.92 bits per heavy atom. The van der Waals surface area contributed by atoms with Crippen molar-refractivity contribution in [3.05, 3.63) is 128 Å². The van der Waals surface area contributed by atoms with Crippen LogP contribution in [0.1, 0.15) is 51.6 Å². The van der Waals surface area contributed by atoms with Gasteiger partial charge in [-0.2, -0.15) is 0 Å². The SMILES string of the molecule is Cc1cccc(Br)c1C1C(OC(=O)c2ccccc2)C(OC(=O)c2ccccc2)C(C)C2(C)C(Br)=CC=CC12. The highest BCUT2D eigenvalue weighted by Gasteiger charge is 2.59. The number of fused-ring (bicyclic) bond motifs is 1. The van der Waals surface area contributed by atoms with Crippen LogP contribution >= 0.6 is 31.9 Å². The molecule has 0 bridgehead atoms. The minimum Gasteiger partial charge on any atom is -0.454 e. The van der Waals surface area contributed by atoms with E-state index in [4.69, 9.17) is 9.47 Å². The summed E-state index contributed by atoms with van der Waals surface area (Å²) in [5.74, 6) is -1.39. The molecule has 3 aromatic rings. The summed E-state index contributed by atoms with van der Waals surface area (Å²) in [6, 6.07) is 24.0.